The van der Waals surface area contributed by atoms with Crippen molar-refractivity contribution in [2.75, 3.05) is 24.4 Å². The molecule has 0 bridgehead atoms. The van der Waals surface area contributed by atoms with E-state index < -0.39 is 4.92 Å². The Labute approximate surface area is 199 Å². The van der Waals surface area contributed by atoms with Crippen LogP contribution in [0.5, 0.6) is 11.5 Å². The van der Waals surface area contributed by atoms with Crippen LogP contribution < -0.4 is 20.1 Å². The molecule has 0 aliphatic heterocycles. The molecule has 0 heterocycles. The average Bonchev–Trinajstić information content (AvgIpc) is 2.76. The van der Waals surface area contributed by atoms with E-state index in [9.17, 15) is 14.9 Å². The number of benzene rings is 3. The van der Waals surface area contributed by atoms with Gasteiger partial charge >= 0.3 is 0 Å². The van der Waals surface area contributed by atoms with E-state index in [0.29, 0.717) is 23.7 Å². The van der Waals surface area contributed by atoms with Gasteiger partial charge in [0.15, 0.2) is 18.1 Å². The maximum absolute atomic E-state index is 12.3. The Bertz CT molecular complexity index is 1120. The van der Waals surface area contributed by atoms with Crippen LogP contribution in [0.3, 0.4) is 0 Å². The van der Waals surface area contributed by atoms with Gasteiger partial charge < -0.3 is 20.1 Å². The van der Waals surface area contributed by atoms with Gasteiger partial charge in [-0.15, -0.1) is 0 Å². The Morgan fingerprint density at radius 1 is 1.09 bits per heavy atom. The first kappa shape index (κ1) is 23.3. The summed E-state index contributed by atoms with van der Waals surface area (Å²) in [5.74, 6) is 0.740. The van der Waals surface area contributed by atoms with Crippen LogP contribution in [0.15, 0.2) is 60.7 Å². The molecule has 0 atom stereocenters. The van der Waals surface area contributed by atoms with Crippen molar-refractivity contribution < 1.29 is 19.2 Å². The summed E-state index contributed by atoms with van der Waals surface area (Å²) in [6.07, 6.45) is 0. The zero-order valence-electron chi connectivity index (χ0n) is 17.6. The summed E-state index contributed by atoms with van der Waals surface area (Å²) < 4.78 is 12.0. The van der Waals surface area contributed by atoms with Gasteiger partial charge in [-0.3, -0.25) is 14.9 Å². The van der Waals surface area contributed by atoms with Crippen LogP contribution in [-0.4, -0.2) is 24.5 Å². The molecule has 32 heavy (non-hydrogen) atoms. The molecule has 0 aliphatic rings. The predicted octanol–water partition coefficient (Wildman–Crippen LogP) is 5.15. The number of ether oxygens (including phenoxy) is 2. The molecule has 9 heteroatoms. The lowest BCUT2D eigenvalue weighted by atomic mass is 10.2. The van der Waals surface area contributed by atoms with Crippen molar-refractivity contribution in [1.29, 1.82) is 0 Å². The summed E-state index contributed by atoms with van der Waals surface area (Å²) in [5, 5.41) is 16.8. The number of hydrogen-bond donors (Lipinski definition) is 2. The zero-order valence-corrected chi connectivity index (χ0v) is 19.7. The number of rotatable bonds is 9. The largest absolute Gasteiger partial charge is 0.493 e. The second-order valence-electron chi connectivity index (χ2n) is 6.97. The number of nitro groups is 1. The number of nitrogens with zero attached hydrogens (tertiary/aromatic N) is 1. The fourth-order valence-corrected chi connectivity index (χ4v) is 3.80. The number of carbonyl (C=O) groups excluding carboxylic acids is 1. The van der Waals surface area contributed by atoms with E-state index in [1.807, 2.05) is 43.3 Å². The van der Waals surface area contributed by atoms with Crippen molar-refractivity contribution in [2.24, 2.45) is 0 Å². The minimum atomic E-state index is -0.434. The Morgan fingerprint density at radius 3 is 2.50 bits per heavy atom. The minimum absolute atomic E-state index is 0.0414. The maximum atomic E-state index is 12.3. The third-order valence-corrected chi connectivity index (χ3v) is 5.31. The molecule has 3 aromatic rings. The molecule has 3 rings (SSSR count). The van der Waals surface area contributed by atoms with Gasteiger partial charge in [-0.2, -0.15) is 0 Å². The zero-order chi connectivity index (χ0) is 23.1. The van der Waals surface area contributed by atoms with Crippen LogP contribution in [0.2, 0.25) is 0 Å². The molecule has 8 nitrogen and oxygen atoms in total. The number of methoxy groups -OCH3 is 1. The Balaban J connectivity index is 1.62. The normalized spacial score (nSPS) is 10.3. The van der Waals surface area contributed by atoms with E-state index in [0.717, 1.165) is 20.4 Å². The molecule has 0 saturated carbocycles. The van der Waals surface area contributed by atoms with E-state index in [-0.39, 0.29) is 18.2 Å². The minimum Gasteiger partial charge on any atom is -0.493 e. The average molecular weight is 547 g/mol. The van der Waals surface area contributed by atoms with E-state index >= 15 is 0 Å². The van der Waals surface area contributed by atoms with Gasteiger partial charge in [0, 0.05) is 30.1 Å². The lowest BCUT2D eigenvalue weighted by Gasteiger charge is -2.15. The van der Waals surface area contributed by atoms with Crippen LogP contribution >= 0.6 is 22.6 Å². The summed E-state index contributed by atoms with van der Waals surface area (Å²) in [4.78, 5) is 22.6. The molecule has 166 valence electrons. The fraction of sp³-hybridized carbons (Fsp3) is 0.174. The molecule has 0 saturated heterocycles. The number of aryl methyl sites for hydroxylation is 1. The highest BCUT2D eigenvalue weighted by Crippen LogP contribution is 2.34. The topological polar surface area (TPSA) is 103 Å². The summed E-state index contributed by atoms with van der Waals surface area (Å²) in [6.45, 7) is 2.29. The first-order valence-corrected chi connectivity index (χ1v) is 10.8. The number of anilines is 2. The molecule has 0 aromatic heterocycles. The number of amides is 1. The molecule has 3 aromatic carbocycles. The smallest absolute Gasteiger partial charge is 0.269 e. The van der Waals surface area contributed by atoms with Gasteiger partial charge in [0.05, 0.1) is 15.6 Å². The third-order valence-electron chi connectivity index (χ3n) is 4.51. The Kier molecular flexibility index (Phi) is 7.87. The van der Waals surface area contributed by atoms with Crippen molar-refractivity contribution in [2.45, 2.75) is 13.5 Å². The summed E-state index contributed by atoms with van der Waals surface area (Å²) in [7, 11) is 1.54. The molecule has 1 amide bonds. The SMILES string of the molecule is COc1cc(CNc2ccc([N+](=O)[O-])cc2)cc(I)c1OCC(=O)Nc1cccc(C)c1. The van der Waals surface area contributed by atoms with Gasteiger partial charge in [-0.1, -0.05) is 12.1 Å². The number of non-ortho nitro benzene ring substituents is 1. The van der Waals surface area contributed by atoms with E-state index in [4.69, 9.17) is 9.47 Å². The van der Waals surface area contributed by atoms with Crippen molar-refractivity contribution >= 4 is 45.6 Å². The highest BCUT2D eigenvalue weighted by molar-refractivity contribution is 14.1. The first-order chi connectivity index (χ1) is 15.4. The third kappa shape index (κ3) is 6.33. The van der Waals surface area contributed by atoms with Crippen LogP contribution in [0.1, 0.15) is 11.1 Å². The van der Waals surface area contributed by atoms with E-state index in [1.165, 1.54) is 12.1 Å². The quantitative estimate of drug-likeness (QED) is 0.218. The van der Waals surface area contributed by atoms with Crippen molar-refractivity contribution in [3.05, 3.63) is 85.5 Å². The second kappa shape index (κ2) is 10.8. The molecule has 0 fully saturated rings. The molecular weight excluding hydrogens is 525 g/mol. The van der Waals surface area contributed by atoms with Gasteiger partial charge in [-0.05, 0) is 77.0 Å². The highest BCUT2D eigenvalue weighted by atomic mass is 127. The summed E-state index contributed by atoms with van der Waals surface area (Å²) in [6, 6.07) is 17.5. The molecule has 0 aliphatic carbocycles. The molecule has 0 radical (unpaired) electrons. The van der Waals surface area contributed by atoms with Crippen molar-refractivity contribution in [3.63, 3.8) is 0 Å². The predicted molar refractivity (Wildman–Crippen MR) is 131 cm³/mol. The standard InChI is InChI=1S/C23H22IN3O5/c1-15-4-3-5-18(10-15)26-22(28)14-32-23-20(24)11-16(12-21(23)31-2)13-25-17-6-8-19(9-7-17)27(29)30/h3-12,25H,13-14H2,1-2H3,(H,26,28). The van der Waals surface area contributed by atoms with Crippen molar-refractivity contribution in [1.82, 2.24) is 0 Å². The monoisotopic (exact) mass is 547 g/mol. The lowest BCUT2D eigenvalue weighted by molar-refractivity contribution is -0.384. The maximum Gasteiger partial charge on any atom is 0.269 e. The summed E-state index contributed by atoms with van der Waals surface area (Å²) in [5.41, 5.74) is 3.50. The van der Waals surface area contributed by atoms with Crippen LogP contribution in [0.25, 0.3) is 0 Å². The van der Waals surface area contributed by atoms with E-state index in [1.54, 1.807) is 19.2 Å². The number of hydrogen-bond acceptors (Lipinski definition) is 6. The highest BCUT2D eigenvalue weighted by Gasteiger charge is 2.14. The van der Waals surface area contributed by atoms with Crippen LogP contribution in [0, 0.1) is 20.6 Å². The molecule has 0 spiro atoms. The fourth-order valence-electron chi connectivity index (χ4n) is 2.98. The number of carbonyl (C=O) groups is 1. The number of nitrogens with one attached hydrogen (secondary N) is 2. The molecule has 0 unspecified atom stereocenters. The summed E-state index contributed by atoms with van der Waals surface area (Å²) >= 11 is 2.14. The Hall–Kier alpha value is -3.34. The van der Waals surface area contributed by atoms with Gasteiger partial charge in [-0.25, -0.2) is 0 Å². The van der Waals surface area contributed by atoms with Gasteiger partial charge in [0.25, 0.3) is 11.6 Å². The number of halogens is 1. The van der Waals surface area contributed by atoms with Crippen molar-refractivity contribution in [3.8, 4) is 11.5 Å². The second-order valence-corrected chi connectivity index (χ2v) is 8.14. The van der Waals surface area contributed by atoms with Crippen LogP contribution in [-0.2, 0) is 11.3 Å². The van der Waals surface area contributed by atoms with Crippen LogP contribution in [0.4, 0.5) is 17.1 Å². The van der Waals surface area contributed by atoms with E-state index in [2.05, 4.69) is 33.2 Å². The molecular formula is C23H22IN3O5. The number of nitro benzene ring substituents is 1. The van der Waals surface area contributed by atoms with Gasteiger partial charge in [0.2, 0.25) is 0 Å². The lowest BCUT2D eigenvalue weighted by Crippen LogP contribution is -2.20. The first-order valence-electron chi connectivity index (χ1n) is 9.70. The molecule has 2 N–H and O–H groups in total. The Morgan fingerprint density at radius 2 is 1.84 bits per heavy atom. The van der Waals surface area contributed by atoms with Gasteiger partial charge in [0.1, 0.15) is 0 Å².